The third-order valence-electron chi connectivity index (χ3n) is 8.02. The number of carbonyl (C=O) groups excluding carboxylic acids is 1. The second-order valence-corrected chi connectivity index (χ2v) is 12.6. The van der Waals surface area contributed by atoms with Crippen molar-refractivity contribution in [2.45, 2.75) is 174 Å². The van der Waals surface area contributed by atoms with Gasteiger partial charge in [-0.25, -0.2) is 0 Å². The molecule has 0 aliphatic rings. The quantitative estimate of drug-likeness (QED) is 0.0420. The largest absolute Gasteiger partial charge is 0.457 e. The van der Waals surface area contributed by atoms with E-state index in [1.165, 1.54) is 77.0 Å². The van der Waals surface area contributed by atoms with Crippen LogP contribution in [0.1, 0.15) is 168 Å². The monoisotopic (exact) mass is 655 g/mol. The lowest BCUT2D eigenvalue weighted by atomic mass is 10.1. The van der Waals surface area contributed by atoms with Crippen molar-refractivity contribution >= 4 is 5.97 Å². The maximum Gasteiger partial charge on any atom is 0.306 e. The van der Waals surface area contributed by atoms with E-state index in [4.69, 9.17) is 9.47 Å². The number of aliphatic hydroxyl groups excluding tert-OH is 1. The maximum atomic E-state index is 12.2. The van der Waals surface area contributed by atoms with Gasteiger partial charge < -0.3 is 14.6 Å². The maximum absolute atomic E-state index is 12.2. The van der Waals surface area contributed by atoms with Crippen molar-refractivity contribution in [3.8, 4) is 0 Å². The van der Waals surface area contributed by atoms with Crippen LogP contribution < -0.4 is 0 Å². The van der Waals surface area contributed by atoms with Crippen LogP contribution in [-0.4, -0.2) is 37.0 Å². The van der Waals surface area contributed by atoms with E-state index in [-0.39, 0.29) is 19.2 Å². The normalized spacial score (nSPS) is 13.2. The van der Waals surface area contributed by atoms with E-state index < -0.39 is 6.10 Å². The van der Waals surface area contributed by atoms with Crippen molar-refractivity contribution in [1.82, 2.24) is 0 Å². The van der Waals surface area contributed by atoms with Crippen molar-refractivity contribution in [1.29, 1.82) is 0 Å². The minimum Gasteiger partial charge on any atom is -0.457 e. The Morgan fingerprint density at radius 2 is 0.957 bits per heavy atom. The van der Waals surface area contributed by atoms with Gasteiger partial charge in [-0.05, 0) is 83.5 Å². The Kier molecular flexibility index (Phi) is 38.2. The molecule has 47 heavy (non-hydrogen) atoms. The van der Waals surface area contributed by atoms with Crippen LogP contribution in [0.2, 0.25) is 0 Å². The number of aliphatic hydroxyl groups is 1. The lowest BCUT2D eigenvalue weighted by molar-refractivity contribution is -0.154. The van der Waals surface area contributed by atoms with Gasteiger partial charge in [-0.15, -0.1) is 0 Å². The number of unbranched alkanes of at least 4 members (excludes halogenated alkanes) is 15. The molecule has 0 bridgehead atoms. The summed E-state index contributed by atoms with van der Waals surface area (Å²) >= 11 is 0. The Morgan fingerprint density at radius 1 is 0.532 bits per heavy atom. The fraction of sp³-hybridized carbons (Fsp3) is 0.698. The Morgan fingerprint density at radius 3 is 1.45 bits per heavy atom. The fourth-order valence-electron chi connectivity index (χ4n) is 5.11. The number of rotatable bonds is 35. The minimum absolute atomic E-state index is 0.188. The summed E-state index contributed by atoms with van der Waals surface area (Å²) in [7, 11) is 0. The summed E-state index contributed by atoms with van der Waals surface area (Å²) in [5.41, 5.74) is 0. The number of allylic oxidation sites excluding steroid dienone is 12. The second-order valence-electron chi connectivity index (χ2n) is 12.6. The van der Waals surface area contributed by atoms with E-state index in [1.54, 1.807) is 0 Å². The summed E-state index contributed by atoms with van der Waals surface area (Å²) in [6.45, 7) is 5.16. The van der Waals surface area contributed by atoms with Crippen LogP contribution in [0.3, 0.4) is 0 Å². The predicted octanol–water partition coefficient (Wildman–Crippen LogP) is 12.6. The molecule has 0 aromatic carbocycles. The minimum atomic E-state index is -0.553. The Hall–Kier alpha value is -2.17. The molecule has 0 fully saturated rings. The van der Waals surface area contributed by atoms with E-state index in [0.717, 1.165) is 70.6 Å². The average molecular weight is 655 g/mol. The molecule has 270 valence electrons. The van der Waals surface area contributed by atoms with Gasteiger partial charge in [-0.2, -0.15) is 0 Å². The second kappa shape index (κ2) is 40.0. The molecular formula is C43H74O4. The SMILES string of the molecule is CC/C=C\C/C=C\C/C=C\C/C=C\CCCCCCC(=O)OC(CO)COCCCCCCCCCC/C=C\C/C=C\CCCCC. The molecule has 0 spiro atoms. The van der Waals surface area contributed by atoms with E-state index in [0.29, 0.717) is 13.0 Å². The highest BCUT2D eigenvalue weighted by molar-refractivity contribution is 5.69. The number of hydrogen-bond acceptors (Lipinski definition) is 4. The average Bonchev–Trinajstić information content (AvgIpc) is 3.08. The van der Waals surface area contributed by atoms with Gasteiger partial charge in [0.2, 0.25) is 0 Å². The summed E-state index contributed by atoms with van der Waals surface area (Å²) in [5, 5.41) is 9.57. The highest BCUT2D eigenvalue weighted by atomic mass is 16.6. The summed E-state index contributed by atoms with van der Waals surface area (Å²) in [6.07, 6.45) is 53.7. The number of esters is 1. The molecule has 0 rings (SSSR count). The van der Waals surface area contributed by atoms with Crippen molar-refractivity contribution in [3.05, 3.63) is 72.9 Å². The van der Waals surface area contributed by atoms with Crippen molar-refractivity contribution in [2.75, 3.05) is 19.8 Å². The molecule has 0 aromatic rings. The van der Waals surface area contributed by atoms with Crippen LogP contribution in [0, 0.1) is 0 Å². The number of ether oxygens (including phenoxy) is 2. The molecule has 1 N–H and O–H groups in total. The predicted molar refractivity (Wildman–Crippen MR) is 205 cm³/mol. The fourth-order valence-corrected chi connectivity index (χ4v) is 5.11. The Balaban J connectivity index is 3.52. The van der Waals surface area contributed by atoms with Crippen LogP contribution in [0.25, 0.3) is 0 Å². The zero-order chi connectivity index (χ0) is 34.1. The van der Waals surface area contributed by atoms with E-state index >= 15 is 0 Å². The third-order valence-corrected chi connectivity index (χ3v) is 8.02. The molecule has 4 heteroatoms. The van der Waals surface area contributed by atoms with Crippen LogP contribution >= 0.6 is 0 Å². The van der Waals surface area contributed by atoms with Crippen LogP contribution in [0.5, 0.6) is 0 Å². The van der Waals surface area contributed by atoms with Gasteiger partial charge in [0.1, 0.15) is 6.10 Å². The molecule has 0 aliphatic heterocycles. The van der Waals surface area contributed by atoms with Crippen molar-refractivity contribution in [3.63, 3.8) is 0 Å². The summed E-state index contributed by atoms with van der Waals surface area (Å²) in [4.78, 5) is 12.2. The first-order valence-electron chi connectivity index (χ1n) is 19.5. The molecule has 0 aliphatic carbocycles. The highest BCUT2D eigenvalue weighted by Gasteiger charge is 2.13. The first kappa shape index (κ1) is 44.8. The molecule has 1 atom stereocenters. The summed E-state index contributed by atoms with van der Waals surface area (Å²) in [6, 6.07) is 0. The molecule has 0 saturated carbocycles. The molecule has 0 saturated heterocycles. The van der Waals surface area contributed by atoms with E-state index in [2.05, 4.69) is 86.8 Å². The van der Waals surface area contributed by atoms with Crippen molar-refractivity contribution in [2.24, 2.45) is 0 Å². The van der Waals surface area contributed by atoms with Gasteiger partial charge in [0.05, 0.1) is 13.2 Å². The highest BCUT2D eigenvalue weighted by Crippen LogP contribution is 2.11. The molecule has 4 nitrogen and oxygen atoms in total. The number of carbonyl (C=O) groups is 1. The molecule has 1 unspecified atom stereocenters. The summed E-state index contributed by atoms with van der Waals surface area (Å²) in [5.74, 6) is -0.229. The standard InChI is InChI=1S/C43H74O4/c1-3-5-7-9-11-13-15-17-19-21-23-25-27-29-31-33-35-37-39-46-41-42(40-44)47-43(45)38-36-34-32-30-28-26-24-22-20-18-16-14-12-10-8-6-4-2/h6,8,11-14,17-20,24,26,42,44H,3-5,7,9-10,15-16,21-23,25,27-41H2,1-2H3/b8-6-,13-11-,14-12-,19-17-,20-18-,26-24-. The van der Waals surface area contributed by atoms with E-state index in [9.17, 15) is 9.90 Å². The van der Waals surface area contributed by atoms with E-state index in [1.807, 2.05) is 0 Å². The Labute approximate surface area is 291 Å². The third kappa shape index (κ3) is 38.2. The van der Waals surface area contributed by atoms with Crippen LogP contribution in [0.15, 0.2) is 72.9 Å². The molecule has 0 heterocycles. The van der Waals surface area contributed by atoms with Crippen molar-refractivity contribution < 1.29 is 19.4 Å². The zero-order valence-corrected chi connectivity index (χ0v) is 30.8. The van der Waals surface area contributed by atoms with Gasteiger partial charge >= 0.3 is 5.97 Å². The lowest BCUT2D eigenvalue weighted by Crippen LogP contribution is -2.27. The smallest absolute Gasteiger partial charge is 0.306 e. The molecular weight excluding hydrogens is 580 g/mol. The van der Waals surface area contributed by atoms with Gasteiger partial charge in [0.15, 0.2) is 0 Å². The number of hydrogen-bond donors (Lipinski definition) is 1. The lowest BCUT2D eigenvalue weighted by Gasteiger charge is -2.15. The van der Waals surface area contributed by atoms with Gasteiger partial charge in [-0.1, -0.05) is 151 Å². The first-order valence-corrected chi connectivity index (χ1v) is 19.5. The van der Waals surface area contributed by atoms with Crippen LogP contribution in [0.4, 0.5) is 0 Å². The summed E-state index contributed by atoms with van der Waals surface area (Å²) < 4.78 is 11.1. The van der Waals surface area contributed by atoms with Gasteiger partial charge in [0, 0.05) is 13.0 Å². The zero-order valence-electron chi connectivity index (χ0n) is 30.8. The topological polar surface area (TPSA) is 55.8 Å². The first-order chi connectivity index (χ1) is 23.2. The van der Waals surface area contributed by atoms with Gasteiger partial charge in [0.25, 0.3) is 0 Å². The Bertz CT molecular complexity index is 820. The van der Waals surface area contributed by atoms with Crippen LogP contribution in [-0.2, 0) is 14.3 Å². The molecule has 0 aromatic heterocycles. The molecule has 0 radical (unpaired) electrons. The molecule has 0 amide bonds. The van der Waals surface area contributed by atoms with Gasteiger partial charge in [-0.3, -0.25) is 4.79 Å².